The molecule has 34 heavy (non-hydrogen) atoms. The smallest absolute Gasteiger partial charge is 0.241 e. The van der Waals surface area contributed by atoms with E-state index in [1.54, 1.807) is 0 Å². The molecule has 1 saturated carbocycles. The maximum absolute atomic E-state index is 13.6. The molecular weight excluding hydrogens is 493 g/mol. The average molecular weight is 525 g/mol. The first-order chi connectivity index (χ1) is 16.2. The first kappa shape index (κ1) is 25.3. The molecule has 3 N–H and O–H groups in total. The topological polar surface area (TPSA) is 92.5 Å². The summed E-state index contributed by atoms with van der Waals surface area (Å²) in [6, 6.07) is 11.4. The van der Waals surface area contributed by atoms with E-state index in [0.29, 0.717) is 37.8 Å². The van der Waals surface area contributed by atoms with Gasteiger partial charge in [-0.05, 0) is 55.2 Å². The third kappa shape index (κ3) is 5.88. The number of fused-ring (bicyclic) bond motifs is 1. The minimum absolute atomic E-state index is 0.0550. The number of nitrogens with zero attached hydrogens (tertiary/aromatic N) is 1. The zero-order valence-corrected chi connectivity index (χ0v) is 21.4. The SMILES string of the molecule is Nc1c(Cl)cc(S(=O)(=O)N[C@@H](CCc2ccccc2)C(=O)N2CCC3CCCCC3C2)cc1Cl. The summed E-state index contributed by atoms with van der Waals surface area (Å²) in [7, 11) is -4.05. The van der Waals surface area contributed by atoms with Crippen molar-refractivity contribution in [2.75, 3.05) is 18.8 Å². The minimum Gasteiger partial charge on any atom is -0.396 e. The Morgan fingerprint density at radius 2 is 1.71 bits per heavy atom. The summed E-state index contributed by atoms with van der Waals surface area (Å²) >= 11 is 12.2. The van der Waals surface area contributed by atoms with Gasteiger partial charge in [-0.3, -0.25) is 4.79 Å². The lowest BCUT2D eigenvalue weighted by molar-refractivity contribution is -0.136. The number of nitrogens with one attached hydrogen (secondary N) is 1. The number of halogens is 2. The predicted molar refractivity (Wildman–Crippen MR) is 136 cm³/mol. The number of benzene rings is 2. The molecule has 2 aromatic rings. The van der Waals surface area contributed by atoms with Crippen LogP contribution in [-0.4, -0.2) is 38.4 Å². The van der Waals surface area contributed by atoms with Crippen molar-refractivity contribution in [3.8, 4) is 0 Å². The summed E-state index contributed by atoms with van der Waals surface area (Å²) in [4.78, 5) is 15.4. The number of nitrogens with two attached hydrogens (primary N) is 1. The molecule has 0 aromatic heterocycles. The highest BCUT2D eigenvalue weighted by Crippen LogP contribution is 2.36. The fourth-order valence-electron chi connectivity index (χ4n) is 5.18. The quantitative estimate of drug-likeness (QED) is 0.505. The molecule has 0 bridgehead atoms. The fraction of sp³-hybridized carbons (Fsp3) is 0.480. The molecule has 1 heterocycles. The van der Waals surface area contributed by atoms with Crippen molar-refractivity contribution in [2.24, 2.45) is 11.8 Å². The van der Waals surface area contributed by atoms with E-state index in [4.69, 9.17) is 28.9 Å². The van der Waals surface area contributed by atoms with Gasteiger partial charge in [0.15, 0.2) is 0 Å². The summed E-state index contributed by atoms with van der Waals surface area (Å²) < 4.78 is 29.1. The molecule has 2 aliphatic rings. The second-order valence-corrected chi connectivity index (χ2v) is 11.9. The van der Waals surface area contributed by atoms with Crippen LogP contribution < -0.4 is 10.5 Å². The number of rotatable bonds is 7. The van der Waals surface area contributed by atoms with Crippen LogP contribution in [0.1, 0.15) is 44.1 Å². The first-order valence-electron chi connectivity index (χ1n) is 11.8. The van der Waals surface area contributed by atoms with Crippen molar-refractivity contribution in [1.82, 2.24) is 9.62 Å². The van der Waals surface area contributed by atoms with Gasteiger partial charge in [0.1, 0.15) is 6.04 Å². The maximum atomic E-state index is 13.6. The van der Waals surface area contributed by atoms with Crippen LogP contribution in [-0.2, 0) is 21.2 Å². The highest BCUT2D eigenvalue weighted by atomic mass is 35.5. The number of amides is 1. The standard InChI is InChI=1S/C25H31Cl2N3O3S/c26-21-14-20(15-22(27)24(21)28)34(32,33)29-23(11-10-17-6-2-1-3-7-17)25(31)30-13-12-18-8-4-5-9-19(18)16-30/h1-3,6-7,14-15,18-19,23,29H,4-5,8-13,16,28H2/t18?,19?,23-/m0/s1. The molecule has 2 fully saturated rings. The minimum atomic E-state index is -4.05. The normalized spacial score (nSPS) is 21.6. The van der Waals surface area contributed by atoms with Gasteiger partial charge in [-0.25, -0.2) is 8.42 Å². The van der Waals surface area contributed by atoms with Gasteiger partial charge in [-0.2, -0.15) is 4.72 Å². The van der Waals surface area contributed by atoms with Crippen molar-refractivity contribution in [1.29, 1.82) is 0 Å². The number of piperidine rings is 1. The number of anilines is 1. The van der Waals surface area contributed by atoms with Crippen LogP contribution >= 0.6 is 23.2 Å². The van der Waals surface area contributed by atoms with E-state index in [2.05, 4.69) is 4.72 Å². The molecule has 0 radical (unpaired) electrons. The van der Waals surface area contributed by atoms with Crippen LogP contribution in [0.25, 0.3) is 0 Å². The van der Waals surface area contributed by atoms with Crippen molar-refractivity contribution < 1.29 is 13.2 Å². The lowest BCUT2D eigenvalue weighted by Crippen LogP contribution is -2.53. The third-order valence-corrected chi connectivity index (χ3v) is 9.20. The van der Waals surface area contributed by atoms with Gasteiger partial charge in [-0.1, -0.05) is 72.8 Å². The Hall–Kier alpha value is -1.80. The van der Waals surface area contributed by atoms with Crippen molar-refractivity contribution in [3.63, 3.8) is 0 Å². The first-order valence-corrected chi connectivity index (χ1v) is 14.1. The van der Waals surface area contributed by atoms with Crippen molar-refractivity contribution >= 4 is 44.8 Å². The summed E-state index contributed by atoms with van der Waals surface area (Å²) in [5.74, 6) is 1.01. The largest absolute Gasteiger partial charge is 0.396 e. The molecular formula is C25H31Cl2N3O3S. The zero-order valence-electron chi connectivity index (χ0n) is 19.1. The number of carbonyl (C=O) groups excluding carboxylic acids is 1. The van der Waals surface area contributed by atoms with E-state index in [-0.39, 0.29) is 26.5 Å². The van der Waals surface area contributed by atoms with E-state index < -0.39 is 16.1 Å². The highest BCUT2D eigenvalue weighted by Gasteiger charge is 2.36. The third-order valence-electron chi connectivity index (χ3n) is 7.13. The van der Waals surface area contributed by atoms with Crippen LogP contribution in [0.3, 0.4) is 0 Å². The number of hydrogen-bond donors (Lipinski definition) is 2. The molecule has 9 heteroatoms. The zero-order chi connectivity index (χ0) is 24.3. The maximum Gasteiger partial charge on any atom is 0.241 e. The predicted octanol–water partition coefficient (Wildman–Crippen LogP) is 4.89. The van der Waals surface area contributed by atoms with Crippen LogP contribution in [0.2, 0.25) is 10.0 Å². The molecule has 2 unspecified atom stereocenters. The van der Waals surface area contributed by atoms with Gasteiger partial charge in [-0.15, -0.1) is 0 Å². The van der Waals surface area contributed by atoms with Gasteiger partial charge in [0, 0.05) is 13.1 Å². The molecule has 3 atom stereocenters. The Morgan fingerprint density at radius 1 is 1.06 bits per heavy atom. The van der Waals surface area contributed by atoms with Crippen molar-refractivity contribution in [2.45, 2.75) is 55.9 Å². The van der Waals surface area contributed by atoms with E-state index in [0.717, 1.165) is 18.4 Å². The second-order valence-electron chi connectivity index (χ2n) is 9.38. The van der Waals surface area contributed by atoms with Crippen LogP contribution in [0, 0.1) is 11.8 Å². The van der Waals surface area contributed by atoms with Gasteiger partial charge < -0.3 is 10.6 Å². The van der Waals surface area contributed by atoms with E-state index in [9.17, 15) is 13.2 Å². The van der Waals surface area contributed by atoms with E-state index in [1.807, 2.05) is 35.2 Å². The molecule has 6 nitrogen and oxygen atoms in total. The molecule has 0 spiro atoms. The Balaban J connectivity index is 1.55. The summed E-state index contributed by atoms with van der Waals surface area (Å²) in [6.07, 6.45) is 6.74. The molecule has 1 aliphatic carbocycles. The summed E-state index contributed by atoms with van der Waals surface area (Å²) in [6.45, 7) is 1.37. The number of carbonyl (C=O) groups is 1. The van der Waals surface area contributed by atoms with Gasteiger partial charge in [0.25, 0.3) is 0 Å². The second kappa shape index (κ2) is 10.9. The lowest BCUT2D eigenvalue weighted by atomic mass is 9.75. The Bertz CT molecular complexity index is 1100. The Kier molecular flexibility index (Phi) is 8.08. The lowest BCUT2D eigenvalue weighted by Gasteiger charge is -2.42. The number of likely N-dealkylation sites (tertiary alicyclic amines) is 1. The summed E-state index contributed by atoms with van der Waals surface area (Å²) in [5.41, 5.74) is 6.93. The van der Waals surface area contributed by atoms with Crippen LogP contribution in [0.4, 0.5) is 5.69 Å². The molecule has 1 aliphatic heterocycles. The van der Waals surface area contributed by atoms with Gasteiger partial charge in [0.2, 0.25) is 15.9 Å². The number of sulfonamides is 1. The van der Waals surface area contributed by atoms with Gasteiger partial charge in [0.05, 0.1) is 20.6 Å². The van der Waals surface area contributed by atoms with E-state index >= 15 is 0 Å². The molecule has 4 rings (SSSR count). The number of hydrogen-bond acceptors (Lipinski definition) is 4. The van der Waals surface area contributed by atoms with Crippen LogP contribution in [0.15, 0.2) is 47.4 Å². The number of aryl methyl sites for hydroxylation is 1. The van der Waals surface area contributed by atoms with Gasteiger partial charge >= 0.3 is 0 Å². The molecule has 1 amide bonds. The monoisotopic (exact) mass is 523 g/mol. The van der Waals surface area contributed by atoms with Crippen molar-refractivity contribution in [3.05, 3.63) is 58.1 Å². The average Bonchev–Trinajstić information content (AvgIpc) is 2.84. The molecule has 1 saturated heterocycles. The Morgan fingerprint density at radius 3 is 2.38 bits per heavy atom. The number of nitrogen functional groups attached to an aromatic ring is 1. The molecule has 2 aromatic carbocycles. The van der Waals surface area contributed by atoms with Crippen LogP contribution in [0.5, 0.6) is 0 Å². The Labute approximate surface area is 211 Å². The highest BCUT2D eigenvalue weighted by molar-refractivity contribution is 7.89. The fourth-order valence-corrected chi connectivity index (χ4v) is 7.07. The molecule has 184 valence electrons. The van der Waals surface area contributed by atoms with E-state index in [1.165, 1.54) is 31.4 Å². The summed E-state index contributed by atoms with van der Waals surface area (Å²) in [5, 5.41) is 0.110.